The van der Waals surface area contributed by atoms with Crippen LogP contribution < -0.4 is 5.46 Å². The van der Waals surface area contributed by atoms with E-state index in [2.05, 4.69) is 0 Å². The summed E-state index contributed by atoms with van der Waals surface area (Å²) in [4.78, 5) is 14.9. The van der Waals surface area contributed by atoms with Crippen molar-refractivity contribution < 1.29 is 18.3 Å². The maximum Gasteiger partial charge on any atom is 0.568 e. The molecule has 0 N–H and O–H groups in total. The molecule has 2 aromatic rings. The van der Waals surface area contributed by atoms with Crippen molar-refractivity contribution in [3.05, 3.63) is 66.2 Å². The highest BCUT2D eigenvalue weighted by molar-refractivity contribution is 6.76. The zero-order valence-electron chi connectivity index (χ0n) is 16.3. The van der Waals surface area contributed by atoms with Crippen molar-refractivity contribution in [1.82, 2.24) is 4.90 Å². The second-order valence-electron chi connectivity index (χ2n) is 7.69. The first-order valence-corrected chi connectivity index (χ1v) is 9.27. The Balaban J connectivity index is 2.21. The number of hydrogen-bond donors (Lipinski definition) is 0. The van der Waals surface area contributed by atoms with E-state index >= 15 is 4.32 Å². The van der Waals surface area contributed by atoms with Gasteiger partial charge in [0.15, 0.2) is 11.9 Å². The summed E-state index contributed by atoms with van der Waals surface area (Å²) in [6.07, 6.45) is 2.02. The first kappa shape index (κ1) is 19.1. The summed E-state index contributed by atoms with van der Waals surface area (Å²) in [5, 5.41) is 0. The molecular formula is C21H26BFN2O2. The van der Waals surface area contributed by atoms with Gasteiger partial charge in [0.2, 0.25) is 0 Å². The molecule has 0 aliphatic carbocycles. The fraction of sp³-hybridized carbons (Fsp3) is 0.333. The Morgan fingerprint density at radius 3 is 2.19 bits per heavy atom. The van der Waals surface area contributed by atoms with Gasteiger partial charge in [-0.25, -0.2) is 0 Å². The number of halogens is 1. The first-order chi connectivity index (χ1) is 12.8. The second-order valence-corrected chi connectivity index (χ2v) is 7.69. The smallest absolute Gasteiger partial charge is 0.568 e. The highest BCUT2D eigenvalue weighted by Gasteiger charge is 2.63. The van der Waals surface area contributed by atoms with Crippen LogP contribution in [0.5, 0.6) is 0 Å². The van der Waals surface area contributed by atoms with Crippen LogP contribution in [0.3, 0.4) is 0 Å². The van der Waals surface area contributed by atoms with E-state index in [-0.39, 0.29) is 5.92 Å². The molecule has 0 unspecified atom stereocenters. The summed E-state index contributed by atoms with van der Waals surface area (Å²) in [5.41, 5.74) is 0.198. The molecule has 0 bridgehead atoms. The van der Waals surface area contributed by atoms with Gasteiger partial charge in [-0.1, -0.05) is 80.0 Å². The van der Waals surface area contributed by atoms with Crippen LogP contribution in [0.25, 0.3) is 0 Å². The average Bonchev–Trinajstić information content (AvgIpc) is 2.85. The minimum absolute atomic E-state index is 0.162. The van der Waals surface area contributed by atoms with Gasteiger partial charge in [-0.05, 0) is 5.56 Å². The molecule has 2 aromatic carbocycles. The van der Waals surface area contributed by atoms with Gasteiger partial charge in [0.1, 0.15) is 0 Å². The highest BCUT2D eigenvalue weighted by Crippen LogP contribution is 2.38. The Labute approximate surface area is 160 Å². The van der Waals surface area contributed by atoms with Crippen molar-refractivity contribution in [3.8, 4) is 0 Å². The SMILES string of the molecule is CC(C)[C@]1(Cc2ccccc2)C(=O)O[B@-](F)(c2ccccc2)/[N+]1=C\N(C)C. The molecule has 1 heterocycles. The van der Waals surface area contributed by atoms with E-state index in [1.165, 1.54) is 4.49 Å². The molecule has 142 valence electrons. The summed E-state index contributed by atoms with van der Waals surface area (Å²) < 4.78 is 23.4. The Kier molecular flexibility index (Phi) is 5.09. The third-order valence-corrected chi connectivity index (χ3v) is 5.27. The number of carbonyl (C=O) groups is 1. The topological polar surface area (TPSA) is 32.6 Å². The minimum atomic E-state index is -3.18. The monoisotopic (exact) mass is 368 g/mol. The lowest BCUT2D eigenvalue weighted by Crippen LogP contribution is -2.61. The molecule has 1 aliphatic heterocycles. The standard InChI is InChI=1S/C21H26BFN2O2/c1-17(2)21(15-18-11-7-5-8-12-18)20(26)27-22(23,25(21)16-24(3)4)19-13-9-6-10-14-19/h5-14,16-17H,15H2,1-4H3/b25-16-/t21-,22+/m1/s1. The Bertz CT molecular complexity index is 842. The van der Waals surface area contributed by atoms with Crippen LogP contribution in [0.1, 0.15) is 19.4 Å². The number of carbonyl (C=O) groups excluding carboxylic acids is 1. The summed E-state index contributed by atoms with van der Waals surface area (Å²) in [7, 11) is 3.63. The lowest BCUT2D eigenvalue weighted by atomic mass is 9.64. The van der Waals surface area contributed by atoms with Crippen LogP contribution in [-0.4, -0.2) is 48.1 Å². The van der Waals surface area contributed by atoms with Crippen molar-refractivity contribution in [2.24, 2.45) is 5.92 Å². The van der Waals surface area contributed by atoms with Crippen LogP contribution in [-0.2, 0) is 15.9 Å². The van der Waals surface area contributed by atoms with Gasteiger partial charge < -0.3 is 13.5 Å². The summed E-state index contributed by atoms with van der Waals surface area (Å²) in [5.74, 6) is -0.685. The quantitative estimate of drug-likeness (QED) is 0.601. The maximum absolute atomic E-state index is 16.4. The number of benzene rings is 2. The predicted octanol–water partition coefficient (Wildman–Crippen LogP) is 2.60. The van der Waals surface area contributed by atoms with E-state index in [9.17, 15) is 4.79 Å². The minimum Gasteiger partial charge on any atom is -0.619 e. The lowest BCUT2D eigenvalue weighted by Gasteiger charge is -2.36. The first-order valence-electron chi connectivity index (χ1n) is 9.27. The lowest BCUT2D eigenvalue weighted by molar-refractivity contribution is -0.490. The normalized spacial score (nSPS) is 26.4. The van der Waals surface area contributed by atoms with Crippen LogP contribution in [0.4, 0.5) is 4.32 Å². The largest absolute Gasteiger partial charge is 0.619 e. The Morgan fingerprint density at radius 1 is 1.11 bits per heavy atom. The molecule has 2 atom stereocenters. The average molecular weight is 368 g/mol. The van der Waals surface area contributed by atoms with Crippen molar-refractivity contribution in [2.45, 2.75) is 25.8 Å². The van der Waals surface area contributed by atoms with Crippen molar-refractivity contribution in [3.63, 3.8) is 0 Å². The zero-order valence-corrected chi connectivity index (χ0v) is 16.3. The summed E-state index contributed by atoms with van der Waals surface area (Å²) >= 11 is 0. The van der Waals surface area contributed by atoms with Crippen LogP contribution in [0.2, 0.25) is 0 Å². The van der Waals surface area contributed by atoms with Crippen molar-refractivity contribution in [2.75, 3.05) is 14.1 Å². The van der Waals surface area contributed by atoms with E-state index in [4.69, 9.17) is 4.65 Å². The third kappa shape index (κ3) is 3.24. The van der Waals surface area contributed by atoms with E-state index in [0.29, 0.717) is 11.9 Å². The molecule has 4 nitrogen and oxygen atoms in total. The predicted molar refractivity (Wildman–Crippen MR) is 107 cm³/mol. The number of hydrogen-bond acceptors (Lipinski definition) is 2. The van der Waals surface area contributed by atoms with Gasteiger partial charge >= 0.3 is 12.7 Å². The van der Waals surface area contributed by atoms with Crippen LogP contribution >= 0.6 is 0 Å². The molecular weight excluding hydrogens is 342 g/mol. The van der Waals surface area contributed by atoms with E-state index in [0.717, 1.165) is 5.56 Å². The van der Waals surface area contributed by atoms with Crippen LogP contribution in [0, 0.1) is 5.92 Å². The van der Waals surface area contributed by atoms with Crippen molar-refractivity contribution >= 4 is 24.5 Å². The molecule has 1 aliphatic rings. The molecule has 6 heteroatoms. The fourth-order valence-electron chi connectivity index (χ4n) is 3.87. The molecule has 1 fully saturated rings. The molecule has 0 amide bonds. The van der Waals surface area contributed by atoms with Gasteiger partial charge in [0, 0.05) is 12.3 Å². The van der Waals surface area contributed by atoms with Gasteiger partial charge in [-0.15, -0.1) is 0 Å². The summed E-state index contributed by atoms with van der Waals surface area (Å²) in [6.45, 7) is 0.696. The zero-order chi connectivity index (χ0) is 19.7. The Morgan fingerprint density at radius 2 is 1.67 bits per heavy atom. The van der Waals surface area contributed by atoms with Gasteiger partial charge in [-0.2, -0.15) is 0 Å². The molecule has 0 spiro atoms. The van der Waals surface area contributed by atoms with Gasteiger partial charge in [0.05, 0.1) is 14.1 Å². The van der Waals surface area contributed by atoms with Crippen LogP contribution in [0.15, 0.2) is 60.7 Å². The molecule has 1 saturated heterocycles. The number of rotatable bonds is 5. The van der Waals surface area contributed by atoms with E-state index in [1.54, 1.807) is 35.5 Å². The summed E-state index contributed by atoms with van der Waals surface area (Å²) in [6, 6.07) is 18.4. The second kappa shape index (κ2) is 7.18. The van der Waals surface area contributed by atoms with Gasteiger partial charge in [0.25, 0.3) is 0 Å². The number of nitrogens with zero attached hydrogens (tertiary/aromatic N) is 2. The van der Waals surface area contributed by atoms with E-state index in [1.807, 2.05) is 64.3 Å². The Hall–Kier alpha value is -2.63. The molecule has 0 saturated carbocycles. The van der Waals surface area contributed by atoms with E-state index < -0.39 is 18.3 Å². The molecule has 3 rings (SSSR count). The highest BCUT2D eigenvalue weighted by atomic mass is 19.1. The van der Waals surface area contributed by atoms with Crippen molar-refractivity contribution in [1.29, 1.82) is 0 Å². The fourth-order valence-corrected chi connectivity index (χ4v) is 3.87. The molecule has 0 radical (unpaired) electrons. The molecule has 0 aromatic heterocycles. The van der Waals surface area contributed by atoms with Gasteiger partial charge in [-0.3, -0.25) is 9.69 Å². The molecule has 27 heavy (non-hydrogen) atoms. The maximum atomic E-state index is 16.4. The third-order valence-electron chi connectivity index (χ3n) is 5.27.